The second kappa shape index (κ2) is 18.6. The summed E-state index contributed by atoms with van der Waals surface area (Å²) in [4.78, 5) is 81.7. The number of amides is 6. The summed E-state index contributed by atoms with van der Waals surface area (Å²) in [6, 6.07) is -3.74. The highest BCUT2D eigenvalue weighted by molar-refractivity contribution is 5.92. The third-order valence-corrected chi connectivity index (χ3v) is 6.65. The second-order valence-corrected chi connectivity index (χ2v) is 12.2. The van der Waals surface area contributed by atoms with Crippen LogP contribution >= 0.6 is 0 Å². The molecule has 0 aliphatic carbocycles. The highest BCUT2D eigenvalue weighted by atomic mass is 16.3. The molecule has 0 radical (unpaired) electrons. The number of H-pyrrole nitrogens is 1. The number of imidazole rings is 1. The van der Waals surface area contributed by atoms with Crippen molar-refractivity contribution in [1.29, 1.82) is 0 Å². The van der Waals surface area contributed by atoms with E-state index in [9.17, 15) is 33.9 Å². The molecular weight excluding hydrogens is 572 g/mol. The van der Waals surface area contributed by atoms with Gasteiger partial charge in [0, 0.05) is 19.5 Å². The summed E-state index contributed by atoms with van der Waals surface area (Å²) in [5.41, 5.74) is 5.89. The Morgan fingerprint density at radius 2 is 1.48 bits per heavy atom. The molecule has 15 heteroatoms. The molecule has 1 aromatic heterocycles. The Morgan fingerprint density at radius 3 is 1.98 bits per heavy atom. The summed E-state index contributed by atoms with van der Waals surface area (Å²) < 4.78 is 0. The van der Waals surface area contributed by atoms with Gasteiger partial charge in [0.2, 0.25) is 35.4 Å². The van der Waals surface area contributed by atoms with E-state index in [0.717, 1.165) is 0 Å². The second-order valence-electron chi connectivity index (χ2n) is 12.2. The maximum Gasteiger partial charge on any atom is 0.243 e. The van der Waals surface area contributed by atoms with E-state index in [0.29, 0.717) is 18.5 Å². The number of aliphatic hydroxyl groups is 1. The maximum absolute atomic E-state index is 13.5. The van der Waals surface area contributed by atoms with Gasteiger partial charge in [-0.3, -0.25) is 28.8 Å². The number of primary amides is 1. The molecule has 0 bridgehead atoms. The van der Waals surface area contributed by atoms with Gasteiger partial charge in [-0.25, -0.2) is 4.98 Å². The molecule has 1 rings (SSSR count). The van der Waals surface area contributed by atoms with E-state index in [1.807, 2.05) is 27.7 Å². The number of nitrogens with two attached hydrogens (primary N) is 1. The first-order valence-corrected chi connectivity index (χ1v) is 14.9. The van der Waals surface area contributed by atoms with Crippen LogP contribution in [-0.2, 0) is 35.2 Å². The Hall–Kier alpha value is -4.01. The van der Waals surface area contributed by atoms with Gasteiger partial charge in [-0.1, -0.05) is 41.5 Å². The number of aliphatic hydroxyl groups excluding tert-OH is 1. The van der Waals surface area contributed by atoms with Crippen LogP contribution in [0.4, 0.5) is 0 Å². The molecule has 44 heavy (non-hydrogen) atoms. The molecule has 15 nitrogen and oxygen atoms in total. The lowest BCUT2D eigenvalue weighted by molar-refractivity contribution is -0.132. The first-order chi connectivity index (χ1) is 20.5. The quantitative estimate of drug-likeness (QED) is 0.0951. The number of hydrogen-bond acceptors (Lipinski definition) is 8. The Balaban J connectivity index is 3.00. The summed E-state index contributed by atoms with van der Waals surface area (Å²) in [5.74, 6) is -3.64. The number of carbonyl (C=O) groups is 6. The van der Waals surface area contributed by atoms with E-state index in [1.54, 1.807) is 20.0 Å². The summed E-state index contributed by atoms with van der Waals surface area (Å²) in [7, 11) is 0. The van der Waals surface area contributed by atoms with Crippen LogP contribution < -0.4 is 32.3 Å². The van der Waals surface area contributed by atoms with Crippen LogP contribution in [0.3, 0.4) is 0 Å². The Bertz CT molecular complexity index is 1110. The van der Waals surface area contributed by atoms with Crippen molar-refractivity contribution in [1.82, 2.24) is 36.6 Å². The molecule has 9 N–H and O–H groups in total. The predicted octanol–water partition coefficient (Wildman–Crippen LogP) is -0.988. The van der Waals surface area contributed by atoms with Gasteiger partial charge in [0.15, 0.2) is 0 Å². The monoisotopic (exact) mass is 622 g/mol. The van der Waals surface area contributed by atoms with E-state index in [-0.39, 0.29) is 24.2 Å². The molecule has 0 aliphatic heterocycles. The molecule has 1 heterocycles. The standard InChI is InChI=1S/C29H50N8O7/c1-15(2)8-20(23(39)11-24(40)35-21(27(30)42)9-16(3)4)37-28(43)22(10-19-12-31-14-33-19)36-25(41)13-32-29(44)26(17(5)6)34-18(7)38/h12,14-17,20-23,26,39H,8-11,13H2,1-7H3,(H2,30,42)(H,31,33)(H,32,44)(H,34,38)(H,35,40)(H,36,41)(H,37,43)/t20-,21-,22-,23-,26-/m0/s1. The van der Waals surface area contributed by atoms with Crippen LogP contribution in [-0.4, -0.2) is 87.3 Å². The van der Waals surface area contributed by atoms with Crippen LogP contribution in [0.5, 0.6) is 0 Å². The summed E-state index contributed by atoms with van der Waals surface area (Å²) in [5, 5.41) is 23.9. The average Bonchev–Trinajstić information content (AvgIpc) is 3.41. The van der Waals surface area contributed by atoms with Crippen molar-refractivity contribution in [2.75, 3.05) is 6.54 Å². The molecule has 0 fully saturated rings. The van der Waals surface area contributed by atoms with Crippen LogP contribution in [0.2, 0.25) is 0 Å². The normalized spacial score (nSPS) is 14.7. The third kappa shape index (κ3) is 14.4. The fraction of sp³-hybridized carbons (Fsp3) is 0.690. The smallest absolute Gasteiger partial charge is 0.243 e. The van der Waals surface area contributed by atoms with Gasteiger partial charge in [-0.2, -0.15) is 0 Å². The zero-order valence-electron chi connectivity index (χ0n) is 26.7. The lowest BCUT2D eigenvalue weighted by Gasteiger charge is -2.28. The van der Waals surface area contributed by atoms with E-state index in [2.05, 4.69) is 36.6 Å². The van der Waals surface area contributed by atoms with E-state index in [4.69, 9.17) is 5.73 Å². The summed E-state index contributed by atoms with van der Waals surface area (Å²) >= 11 is 0. The minimum atomic E-state index is -1.31. The van der Waals surface area contributed by atoms with Crippen molar-refractivity contribution in [3.63, 3.8) is 0 Å². The number of hydrogen-bond donors (Lipinski definition) is 8. The fourth-order valence-corrected chi connectivity index (χ4v) is 4.50. The van der Waals surface area contributed by atoms with Crippen molar-refractivity contribution >= 4 is 35.4 Å². The average molecular weight is 623 g/mol. The molecule has 0 unspecified atom stereocenters. The minimum absolute atomic E-state index is 0.00396. The molecule has 5 atom stereocenters. The lowest BCUT2D eigenvalue weighted by Crippen LogP contribution is -2.56. The van der Waals surface area contributed by atoms with Crippen molar-refractivity contribution < 1.29 is 33.9 Å². The first kappa shape index (κ1) is 38.0. The SMILES string of the molecule is CC(=O)N[C@H](C(=O)NCC(=O)N[C@@H](Cc1c[nH]cn1)C(=O)N[C@@H](CC(C)C)[C@@H](O)CC(=O)N[C@@H](CC(C)C)C(N)=O)C(C)C. The minimum Gasteiger partial charge on any atom is -0.390 e. The van der Waals surface area contributed by atoms with Crippen LogP contribution in [0.15, 0.2) is 12.5 Å². The van der Waals surface area contributed by atoms with Gasteiger partial charge in [-0.05, 0) is 30.6 Å². The van der Waals surface area contributed by atoms with Gasteiger partial charge >= 0.3 is 0 Å². The first-order valence-electron chi connectivity index (χ1n) is 14.9. The summed E-state index contributed by atoms with van der Waals surface area (Å²) in [6.45, 7) is 11.9. The summed E-state index contributed by atoms with van der Waals surface area (Å²) in [6.07, 6.45) is 1.92. The fourth-order valence-electron chi connectivity index (χ4n) is 4.50. The molecule has 0 aromatic carbocycles. The maximum atomic E-state index is 13.5. The highest BCUT2D eigenvalue weighted by Crippen LogP contribution is 2.13. The zero-order valence-corrected chi connectivity index (χ0v) is 26.7. The molecule has 0 aliphatic rings. The molecule has 0 spiro atoms. The Morgan fingerprint density at radius 1 is 0.864 bits per heavy atom. The Kier molecular flexibility index (Phi) is 16.1. The van der Waals surface area contributed by atoms with Gasteiger partial charge in [0.25, 0.3) is 0 Å². The Labute approximate surface area is 258 Å². The number of aromatic nitrogens is 2. The van der Waals surface area contributed by atoms with Crippen molar-refractivity contribution in [3.8, 4) is 0 Å². The molecule has 0 saturated carbocycles. The zero-order chi connectivity index (χ0) is 33.6. The van der Waals surface area contributed by atoms with E-state index >= 15 is 0 Å². The van der Waals surface area contributed by atoms with E-state index in [1.165, 1.54) is 13.3 Å². The lowest BCUT2D eigenvalue weighted by atomic mass is 9.96. The number of nitrogens with one attached hydrogen (secondary N) is 6. The van der Waals surface area contributed by atoms with E-state index < -0.39 is 78.7 Å². The molecule has 0 saturated heterocycles. The van der Waals surface area contributed by atoms with Crippen LogP contribution in [0.25, 0.3) is 0 Å². The third-order valence-electron chi connectivity index (χ3n) is 6.65. The number of carbonyl (C=O) groups excluding carboxylic acids is 6. The van der Waals surface area contributed by atoms with Crippen molar-refractivity contribution in [2.45, 2.75) is 104 Å². The van der Waals surface area contributed by atoms with Crippen LogP contribution in [0.1, 0.15) is 73.4 Å². The van der Waals surface area contributed by atoms with Crippen molar-refractivity contribution in [3.05, 3.63) is 18.2 Å². The highest BCUT2D eigenvalue weighted by Gasteiger charge is 2.31. The molecule has 248 valence electrons. The number of rotatable bonds is 19. The van der Waals surface area contributed by atoms with Gasteiger partial charge in [-0.15, -0.1) is 0 Å². The van der Waals surface area contributed by atoms with Gasteiger partial charge in [0.05, 0.1) is 37.1 Å². The largest absolute Gasteiger partial charge is 0.390 e. The van der Waals surface area contributed by atoms with Gasteiger partial charge < -0.3 is 42.4 Å². The number of nitrogens with zero attached hydrogens (tertiary/aromatic N) is 1. The van der Waals surface area contributed by atoms with Crippen LogP contribution in [0, 0.1) is 17.8 Å². The number of aromatic amines is 1. The molecular formula is C29H50N8O7. The van der Waals surface area contributed by atoms with Crippen molar-refractivity contribution in [2.24, 2.45) is 23.5 Å². The molecule has 1 aromatic rings. The van der Waals surface area contributed by atoms with Gasteiger partial charge in [0.1, 0.15) is 18.1 Å². The molecule has 6 amide bonds. The topological polar surface area (TPSA) is 238 Å². The predicted molar refractivity (Wildman–Crippen MR) is 162 cm³/mol.